The van der Waals surface area contributed by atoms with Gasteiger partial charge in [-0.05, 0) is 49.2 Å². The molecule has 0 aromatic heterocycles. The Labute approximate surface area is 117 Å². The van der Waals surface area contributed by atoms with Crippen molar-refractivity contribution in [3.63, 3.8) is 0 Å². The third-order valence-corrected chi connectivity index (χ3v) is 3.11. The molecule has 20 heavy (non-hydrogen) atoms. The van der Waals surface area contributed by atoms with Crippen molar-refractivity contribution in [2.75, 3.05) is 5.32 Å². The van der Waals surface area contributed by atoms with Crippen LogP contribution in [0.1, 0.15) is 31.8 Å². The fraction of sp³-hybridized carbons (Fsp3) is 0.125. The number of aromatic carboxylic acids is 1. The lowest BCUT2D eigenvalue weighted by atomic mass is 10.1. The molecule has 0 aliphatic carbocycles. The van der Waals surface area contributed by atoms with Crippen molar-refractivity contribution >= 4 is 17.6 Å². The topological polar surface area (TPSA) is 66.4 Å². The molecule has 0 heterocycles. The van der Waals surface area contributed by atoms with Crippen LogP contribution in [0.15, 0.2) is 42.5 Å². The Morgan fingerprint density at radius 3 is 1.90 bits per heavy atom. The number of aryl methyl sites for hydroxylation is 2. The van der Waals surface area contributed by atoms with Gasteiger partial charge in [0.1, 0.15) is 0 Å². The Bertz CT molecular complexity index is 640. The van der Waals surface area contributed by atoms with Crippen molar-refractivity contribution < 1.29 is 14.7 Å². The molecule has 0 saturated carbocycles. The summed E-state index contributed by atoms with van der Waals surface area (Å²) in [6.45, 7) is 3.85. The Morgan fingerprint density at radius 2 is 1.40 bits per heavy atom. The molecule has 0 aliphatic heterocycles. The molecule has 102 valence electrons. The first-order chi connectivity index (χ1) is 9.49. The van der Waals surface area contributed by atoms with Crippen molar-refractivity contribution in [3.8, 4) is 0 Å². The average molecular weight is 269 g/mol. The monoisotopic (exact) mass is 269 g/mol. The molecular weight excluding hydrogens is 254 g/mol. The van der Waals surface area contributed by atoms with E-state index in [4.69, 9.17) is 5.11 Å². The highest BCUT2D eigenvalue weighted by Crippen LogP contribution is 2.20. The van der Waals surface area contributed by atoms with Crippen LogP contribution in [0.2, 0.25) is 0 Å². The van der Waals surface area contributed by atoms with E-state index in [1.807, 2.05) is 32.0 Å². The number of carbonyl (C=O) groups excluding carboxylic acids is 1. The summed E-state index contributed by atoms with van der Waals surface area (Å²) in [5, 5.41) is 11.7. The molecule has 0 bridgehead atoms. The quantitative estimate of drug-likeness (QED) is 0.898. The van der Waals surface area contributed by atoms with Crippen LogP contribution >= 0.6 is 0 Å². The number of carbonyl (C=O) groups is 2. The van der Waals surface area contributed by atoms with Crippen LogP contribution in [0.25, 0.3) is 0 Å². The number of hydrogen-bond donors (Lipinski definition) is 2. The van der Waals surface area contributed by atoms with Gasteiger partial charge < -0.3 is 10.4 Å². The van der Waals surface area contributed by atoms with E-state index < -0.39 is 5.97 Å². The Balaban J connectivity index is 2.22. The minimum Gasteiger partial charge on any atom is -0.478 e. The number of hydrogen-bond acceptors (Lipinski definition) is 2. The van der Waals surface area contributed by atoms with E-state index in [0.29, 0.717) is 5.56 Å². The number of para-hydroxylation sites is 1. The third-order valence-electron chi connectivity index (χ3n) is 3.11. The van der Waals surface area contributed by atoms with Crippen molar-refractivity contribution in [1.82, 2.24) is 0 Å². The number of anilines is 1. The van der Waals surface area contributed by atoms with Gasteiger partial charge in [-0.15, -0.1) is 0 Å². The normalized spacial score (nSPS) is 10.1. The van der Waals surface area contributed by atoms with E-state index in [2.05, 4.69) is 5.32 Å². The maximum Gasteiger partial charge on any atom is 0.335 e. The Morgan fingerprint density at radius 1 is 0.900 bits per heavy atom. The molecule has 4 heteroatoms. The summed E-state index contributed by atoms with van der Waals surface area (Å²) in [6.07, 6.45) is 0. The van der Waals surface area contributed by atoms with Crippen LogP contribution in [-0.2, 0) is 0 Å². The largest absolute Gasteiger partial charge is 0.478 e. The van der Waals surface area contributed by atoms with Gasteiger partial charge >= 0.3 is 5.97 Å². The van der Waals surface area contributed by atoms with Crippen molar-refractivity contribution in [1.29, 1.82) is 0 Å². The van der Waals surface area contributed by atoms with E-state index in [9.17, 15) is 9.59 Å². The van der Waals surface area contributed by atoms with Gasteiger partial charge in [-0.2, -0.15) is 0 Å². The maximum atomic E-state index is 12.1. The van der Waals surface area contributed by atoms with Crippen LogP contribution < -0.4 is 5.32 Å². The van der Waals surface area contributed by atoms with Crippen LogP contribution in [0.4, 0.5) is 5.69 Å². The first-order valence-corrected chi connectivity index (χ1v) is 6.20. The summed E-state index contributed by atoms with van der Waals surface area (Å²) in [7, 11) is 0. The summed E-state index contributed by atoms with van der Waals surface area (Å²) in [6, 6.07) is 11.6. The Kier molecular flexibility index (Phi) is 3.84. The SMILES string of the molecule is Cc1cccc(C)c1NC(=O)c1ccc(C(=O)O)cc1. The van der Waals surface area contributed by atoms with Gasteiger partial charge in [0.05, 0.1) is 5.56 Å². The maximum absolute atomic E-state index is 12.1. The second-order valence-corrected chi connectivity index (χ2v) is 4.60. The lowest BCUT2D eigenvalue weighted by Gasteiger charge is -2.11. The second-order valence-electron chi connectivity index (χ2n) is 4.60. The summed E-state index contributed by atoms with van der Waals surface area (Å²) in [4.78, 5) is 22.9. The molecule has 0 unspecified atom stereocenters. The molecule has 2 rings (SSSR count). The van der Waals surface area contributed by atoms with Crippen molar-refractivity contribution in [2.24, 2.45) is 0 Å². The number of benzene rings is 2. The lowest BCUT2D eigenvalue weighted by molar-refractivity contribution is 0.0696. The third kappa shape index (κ3) is 2.85. The van der Waals surface area contributed by atoms with E-state index in [1.165, 1.54) is 24.3 Å². The molecule has 2 aromatic carbocycles. The number of carboxylic acid groups (broad SMARTS) is 1. The van der Waals surface area contributed by atoms with Crippen LogP contribution in [0, 0.1) is 13.8 Å². The van der Waals surface area contributed by atoms with Crippen LogP contribution in [-0.4, -0.2) is 17.0 Å². The minimum absolute atomic E-state index is 0.161. The van der Waals surface area contributed by atoms with Crippen LogP contribution in [0.3, 0.4) is 0 Å². The highest BCUT2D eigenvalue weighted by atomic mass is 16.4. The van der Waals surface area contributed by atoms with Gasteiger partial charge in [-0.1, -0.05) is 18.2 Å². The predicted octanol–water partition coefficient (Wildman–Crippen LogP) is 3.25. The minimum atomic E-state index is -1.01. The number of rotatable bonds is 3. The zero-order chi connectivity index (χ0) is 14.7. The average Bonchev–Trinajstić information content (AvgIpc) is 2.43. The first kappa shape index (κ1) is 13.8. The molecule has 0 fully saturated rings. The molecule has 0 spiro atoms. The zero-order valence-corrected chi connectivity index (χ0v) is 11.3. The molecule has 0 radical (unpaired) electrons. The summed E-state index contributed by atoms with van der Waals surface area (Å²) in [5.74, 6) is -1.26. The molecule has 0 saturated heterocycles. The predicted molar refractivity (Wildman–Crippen MR) is 77.3 cm³/mol. The molecule has 2 aromatic rings. The van der Waals surface area contributed by atoms with Crippen molar-refractivity contribution in [3.05, 3.63) is 64.7 Å². The van der Waals surface area contributed by atoms with Gasteiger partial charge in [0, 0.05) is 11.3 Å². The molecule has 0 aliphatic rings. The lowest BCUT2D eigenvalue weighted by Crippen LogP contribution is -2.14. The van der Waals surface area contributed by atoms with Gasteiger partial charge in [-0.25, -0.2) is 4.79 Å². The first-order valence-electron chi connectivity index (χ1n) is 6.20. The smallest absolute Gasteiger partial charge is 0.335 e. The molecule has 2 N–H and O–H groups in total. The molecule has 1 amide bonds. The molecule has 4 nitrogen and oxygen atoms in total. The number of nitrogens with one attached hydrogen (secondary N) is 1. The molecular formula is C16H15NO3. The molecule has 0 atom stereocenters. The van der Waals surface area contributed by atoms with Crippen LogP contribution in [0.5, 0.6) is 0 Å². The zero-order valence-electron chi connectivity index (χ0n) is 11.3. The van der Waals surface area contributed by atoms with Gasteiger partial charge in [-0.3, -0.25) is 4.79 Å². The highest BCUT2D eigenvalue weighted by molar-refractivity contribution is 6.05. The Hall–Kier alpha value is -2.62. The van der Waals surface area contributed by atoms with E-state index in [-0.39, 0.29) is 11.5 Å². The fourth-order valence-corrected chi connectivity index (χ4v) is 1.96. The highest BCUT2D eigenvalue weighted by Gasteiger charge is 2.10. The summed E-state index contributed by atoms with van der Waals surface area (Å²) >= 11 is 0. The van der Waals surface area contributed by atoms with E-state index >= 15 is 0 Å². The summed E-state index contributed by atoms with van der Waals surface area (Å²) in [5.41, 5.74) is 3.35. The van der Waals surface area contributed by atoms with Gasteiger partial charge in [0.15, 0.2) is 0 Å². The number of carboxylic acids is 1. The second kappa shape index (κ2) is 5.57. The fourth-order valence-electron chi connectivity index (χ4n) is 1.96. The van der Waals surface area contributed by atoms with E-state index in [0.717, 1.165) is 16.8 Å². The number of amides is 1. The van der Waals surface area contributed by atoms with E-state index in [1.54, 1.807) is 0 Å². The van der Waals surface area contributed by atoms with Gasteiger partial charge in [0.2, 0.25) is 0 Å². The standard InChI is InChI=1S/C16H15NO3/c1-10-4-3-5-11(2)14(10)17-15(18)12-6-8-13(9-7-12)16(19)20/h3-9H,1-2H3,(H,17,18)(H,19,20). The summed E-state index contributed by atoms with van der Waals surface area (Å²) < 4.78 is 0. The van der Waals surface area contributed by atoms with Gasteiger partial charge in [0.25, 0.3) is 5.91 Å². The van der Waals surface area contributed by atoms with Crippen molar-refractivity contribution in [2.45, 2.75) is 13.8 Å².